The van der Waals surface area contributed by atoms with E-state index in [0.29, 0.717) is 6.42 Å². The molecule has 2 aromatic carbocycles. The van der Waals surface area contributed by atoms with E-state index in [0.717, 1.165) is 11.1 Å². The summed E-state index contributed by atoms with van der Waals surface area (Å²) in [4.78, 5) is 23.8. The van der Waals surface area contributed by atoms with E-state index in [4.69, 9.17) is 4.74 Å². The highest BCUT2D eigenvalue weighted by molar-refractivity contribution is 5.98. The second-order valence-electron chi connectivity index (χ2n) is 4.95. The summed E-state index contributed by atoms with van der Waals surface area (Å²) < 4.78 is 5.26. The number of ether oxygens (including phenoxy) is 1. The number of hydrogen-bond donors (Lipinski definition) is 0. The molecule has 0 saturated carbocycles. The molecule has 0 radical (unpaired) electrons. The van der Waals surface area contributed by atoms with Crippen molar-refractivity contribution in [2.45, 2.75) is 20.0 Å². The third-order valence-electron chi connectivity index (χ3n) is 3.28. The van der Waals surface area contributed by atoms with Crippen LogP contribution in [0.5, 0.6) is 0 Å². The van der Waals surface area contributed by atoms with Gasteiger partial charge in [0.05, 0.1) is 0 Å². The molecule has 0 spiro atoms. The van der Waals surface area contributed by atoms with E-state index in [2.05, 4.69) is 0 Å². The van der Waals surface area contributed by atoms with Crippen molar-refractivity contribution in [2.24, 2.45) is 5.92 Å². The van der Waals surface area contributed by atoms with Crippen molar-refractivity contribution in [3.63, 3.8) is 0 Å². The Bertz CT molecular complexity index is 590. The normalized spacial score (nSPS) is 11.7. The zero-order valence-corrected chi connectivity index (χ0v) is 12.0. The molecule has 0 N–H and O–H groups in total. The van der Waals surface area contributed by atoms with E-state index < -0.39 is 11.9 Å². The highest BCUT2D eigenvalue weighted by atomic mass is 16.5. The molecule has 2 aromatic rings. The maximum atomic E-state index is 12.1. The van der Waals surface area contributed by atoms with Gasteiger partial charge in [-0.15, -0.1) is 0 Å². The first-order valence-electron chi connectivity index (χ1n) is 6.92. The molecule has 0 aliphatic rings. The minimum absolute atomic E-state index is 0.170. The summed E-state index contributed by atoms with van der Waals surface area (Å²) in [6.07, 6.45) is 0.379. The van der Waals surface area contributed by atoms with Gasteiger partial charge in [0.15, 0.2) is 0 Å². The van der Waals surface area contributed by atoms with Crippen molar-refractivity contribution < 1.29 is 14.3 Å². The van der Waals surface area contributed by atoms with Gasteiger partial charge in [-0.25, -0.2) is 0 Å². The highest BCUT2D eigenvalue weighted by Gasteiger charge is 2.25. The van der Waals surface area contributed by atoms with Crippen LogP contribution in [0.15, 0.2) is 60.7 Å². The highest BCUT2D eigenvalue weighted by Crippen LogP contribution is 2.13. The number of Topliss-reactive ketones (excluding diaryl/α,β-unsaturated/α-hetero) is 1. The Morgan fingerprint density at radius 1 is 0.905 bits per heavy atom. The van der Waals surface area contributed by atoms with E-state index in [1.54, 1.807) is 0 Å². The molecule has 2 rings (SSSR count). The molecular weight excluding hydrogens is 264 g/mol. The predicted octanol–water partition coefficient (Wildman–Crippen LogP) is 3.18. The van der Waals surface area contributed by atoms with Crippen molar-refractivity contribution in [3.8, 4) is 0 Å². The zero-order valence-electron chi connectivity index (χ0n) is 12.0. The number of hydrogen-bond acceptors (Lipinski definition) is 3. The maximum absolute atomic E-state index is 12.1. The van der Waals surface area contributed by atoms with Gasteiger partial charge < -0.3 is 4.74 Å². The number of carbonyl (C=O) groups is 2. The van der Waals surface area contributed by atoms with E-state index in [1.807, 2.05) is 60.7 Å². The van der Waals surface area contributed by atoms with Crippen LogP contribution in [0.4, 0.5) is 0 Å². The molecule has 0 heterocycles. The maximum Gasteiger partial charge on any atom is 0.317 e. The van der Waals surface area contributed by atoms with Gasteiger partial charge in [0.25, 0.3) is 0 Å². The average molecular weight is 282 g/mol. The standard InChI is InChI=1S/C18H18O3/c1-14(19)17(12-15-8-4-2-5-9-15)18(20)21-13-16-10-6-3-7-11-16/h2-11,17H,12-13H2,1H3/t17-/m0/s1. The smallest absolute Gasteiger partial charge is 0.317 e. The topological polar surface area (TPSA) is 43.4 Å². The van der Waals surface area contributed by atoms with Crippen LogP contribution in [0.25, 0.3) is 0 Å². The van der Waals surface area contributed by atoms with Gasteiger partial charge in [-0.1, -0.05) is 60.7 Å². The van der Waals surface area contributed by atoms with Crippen molar-refractivity contribution in [3.05, 3.63) is 71.8 Å². The molecule has 1 atom stereocenters. The molecule has 21 heavy (non-hydrogen) atoms. The van der Waals surface area contributed by atoms with E-state index in [-0.39, 0.29) is 12.4 Å². The summed E-state index contributed by atoms with van der Waals surface area (Å²) >= 11 is 0. The van der Waals surface area contributed by atoms with Gasteiger partial charge in [-0.2, -0.15) is 0 Å². The van der Waals surface area contributed by atoms with Crippen LogP contribution in [0, 0.1) is 5.92 Å². The lowest BCUT2D eigenvalue weighted by Crippen LogP contribution is -2.26. The van der Waals surface area contributed by atoms with Gasteiger partial charge in [0, 0.05) is 0 Å². The lowest BCUT2D eigenvalue weighted by atomic mass is 9.96. The van der Waals surface area contributed by atoms with Crippen LogP contribution in [0.1, 0.15) is 18.1 Å². The molecule has 3 nitrogen and oxygen atoms in total. The molecule has 0 aliphatic carbocycles. The molecule has 0 saturated heterocycles. The SMILES string of the molecule is CC(=O)[C@H](Cc1ccccc1)C(=O)OCc1ccccc1. The molecule has 0 unspecified atom stereocenters. The number of rotatable bonds is 6. The number of esters is 1. The van der Waals surface area contributed by atoms with Gasteiger partial charge in [-0.05, 0) is 24.5 Å². The fraction of sp³-hybridized carbons (Fsp3) is 0.222. The lowest BCUT2D eigenvalue weighted by molar-refractivity contribution is -0.152. The third kappa shape index (κ3) is 4.56. The summed E-state index contributed by atoms with van der Waals surface area (Å²) in [6, 6.07) is 18.9. The largest absolute Gasteiger partial charge is 0.460 e. The van der Waals surface area contributed by atoms with Crippen molar-refractivity contribution in [2.75, 3.05) is 0 Å². The Balaban J connectivity index is 1.98. The minimum atomic E-state index is -0.740. The molecule has 0 amide bonds. The molecular formula is C18H18O3. The molecule has 108 valence electrons. The zero-order chi connectivity index (χ0) is 15.1. The second-order valence-corrected chi connectivity index (χ2v) is 4.95. The summed E-state index contributed by atoms with van der Waals surface area (Å²) in [6.45, 7) is 1.62. The van der Waals surface area contributed by atoms with Crippen LogP contribution in [0.2, 0.25) is 0 Å². The minimum Gasteiger partial charge on any atom is -0.460 e. The molecule has 0 aliphatic heterocycles. The first-order chi connectivity index (χ1) is 10.2. The van der Waals surface area contributed by atoms with Crippen molar-refractivity contribution >= 4 is 11.8 Å². The van der Waals surface area contributed by atoms with Gasteiger partial charge >= 0.3 is 5.97 Å². The summed E-state index contributed by atoms with van der Waals surface area (Å²) in [5.41, 5.74) is 1.86. The van der Waals surface area contributed by atoms with Crippen molar-refractivity contribution in [1.29, 1.82) is 0 Å². The first-order valence-corrected chi connectivity index (χ1v) is 6.92. The fourth-order valence-electron chi connectivity index (χ4n) is 2.07. The van der Waals surface area contributed by atoms with Crippen LogP contribution in [-0.4, -0.2) is 11.8 Å². The Morgan fingerprint density at radius 2 is 1.43 bits per heavy atom. The Morgan fingerprint density at radius 3 is 1.95 bits per heavy atom. The summed E-state index contributed by atoms with van der Waals surface area (Å²) in [7, 11) is 0. The second kappa shape index (κ2) is 7.39. The molecule has 3 heteroatoms. The van der Waals surface area contributed by atoms with E-state index in [1.165, 1.54) is 6.92 Å². The summed E-state index contributed by atoms with van der Waals surface area (Å²) in [5.74, 6) is -1.37. The van der Waals surface area contributed by atoms with E-state index >= 15 is 0 Å². The fourth-order valence-corrected chi connectivity index (χ4v) is 2.07. The molecule has 0 aromatic heterocycles. The first kappa shape index (κ1) is 15.0. The van der Waals surface area contributed by atoms with Crippen LogP contribution in [-0.2, 0) is 27.4 Å². The number of ketones is 1. The average Bonchev–Trinajstić information content (AvgIpc) is 2.52. The quantitative estimate of drug-likeness (QED) is 0.603. The van der Waals surface area contributed by atoms with Crippen molar-refractivity contribution in [1.82, 2.24) is 0 Å². The van der Waals surface area contributed by atoms with Gasteiger partial charge in [-0.3, -0.25) is 9.59 Å². The van der Waals surface area contributed by atoms with Crippen LogP contribution in [0.3, 0.4) is 0 Å². The Kier molecular flexibility index (Phi) is 5.27. The molecule has 0 bridgehead atoms. The monoisotopic (exact) mass is 282 g/mol. The van der Waals surface area contributed by atoms with Gasteiger partial charge in [0.1, 0.15) is 18.3 Å². The predicted molar refractivity (Wildman–Crippen MR) is 80.6 cm³/mol. The number of carbonyl (C=O) groups excluding carboxylic acids is 2. The van der Waals surface area contributed by atoms with Gasteiger partial charge in [0.2, 0.25) is 0 Å². The number of benzene rings is 2. The van der Waals surface area contributed by atoms with E-state index in [9.17, 15) is 9.59 Å². The Hall–Kier alpha value is -2.42. The lowest BCUT2D eigenvalue weighted by Gasteiger charge is -2.13. The Labute approximate surface area is 124 Å². The van der Waals surface area contributed by atoms with Crippen LogP contribution < -0.4 is 0 Å². The third-order valence-corrected chi connectivity index (χ3v) is 3.28. The van der Waals surface area contributed by atoms with Crippen LogP contribution >= 0.6 is 0 Å². The summed E-state index contributed by atoms with van der Waals surface area (Å²) in [5, 5.41) is 0. The molecule has 0 fully saturated rings.